The van der Waals surface area contributed by atoms with E-state index in [1.54, 1.807) is 27.7 Å². The van der Waals surface area contributed by atoms with Crippen LogP contribution in [0.3, 0.4) is 0 Å². The van der Waals surface area contributed by atoms with Crippen LogP contribution in [0.2, 0.25) is 0 Å². The molecule has 7 heteroatoms. The Labute approximate surface area is 131 Å². The van der Waals surface area contributed by atoms with Gasteiger partial charge in [0.15, 0.2) is 5.45 Å². The molecule has 22 heavy (non-hydrogen) atoms. The van der Waals surface area contributed by atoms with E-state index in [9.17, 15) is 9.77 Å². The smallest absolute Gasteiger partial charge is 0.380 e. The molecule has 0 aromatic heterocycles. The van der Waals surface area contributed by atoms with Crippen LogP contribution in [0.25, 0.3) is 0 Å². The summed E-state index contributed by atoms with van der Waals surface area (Å²) in [4.78, 5) is 0. The van der Waals surface area contributed by atoms with Crippen molar-refractivity contribution < 1.29 is 18.8 Å². The van der Waals surface area contributed by atoms with Crippen LogP contribution in [0.4, 0.5) is 0 Å². The first-order chi connectivity index (χ1) is 10.3. The molecule has 0 heterocycles. The van der Waals surface area contributed by atoms with E-state index in [1.165, 1.54) is 0 Å². The van der Waals surface area contributed by atoms with Gasteiger partial charge in [0.2, 0.25) is 0 Å². The van der Waals surface area contributed by atoms with E-state index in [2.05, 4.69) is 5.16 Å². The van der Waals surface area contributed by atoms with E-state index in [4.69, 9.17) is 14.8 Å². The lowest BCUT2D eigenvalue weighted by Gasteiger charge is -2.25. The fourth-order valence-corrected chi connectivity index (χ4v) is 3.96. The molecule has 1 rings (SSSR count). The van der Waals surface area contributed by atoms with Gasteiger partial charge in [-0.25, -0.2) is 0 Å². The molecule has 3 N–H and O–H groups in total. The van der Waals surface area contributed by atoms with Gasteiger partial charge in [-0.15, -0.1) is 0 Å². The first kappa shape index (κ1) is 18.8. The molecule has 0 aliphatic rings. The molecule has 0 spiro atoms. The second-order valence-electron chi connectivity index (χ2n) is 5.56. The number of benzene rings is 1. The van der Waals surface area contributed by atoms with Crippen molar-refractivity contribution in [3.8, 4) is 0 Å². The Kier molecular flexibility index (Phi) is 7.23. The molecule has 0 aliphatic heterocycles. The highest BCUT2D eigenvalue weighted by Gasteiger charge is 2.39. The maximum Gasteiger partial charge on any atom is 0.380 e. The third-order valence-electron chi connectivity index (χ3n) is 2.71. The summed E-state index contributed by atoms with van der Waals surface area (Å²) in [5.41, 5.74) is 6.86. The predicted molar refractivity (Wildman–Crippen MR) is 87.4 cm³/mol. The third-order valence-corrected chi connectivity index (χ3v) is 5.09. The summed E-state index contributed by atoms with van der Waals surface area (Å²) in [5.74, 6) is 0. The standard InChI is InChI=1S/C15H25N2O4P/c1-11(2)20-22(19,21-12(3)4)15(17-18)14(16)10-13-8-6-5-7-9-13/h5-9,11-12,14,18H,10,16H2,1-4H3/b17-15-. The second kappa shape index (κ2) is 8.44. The van der Waals surface area contributed by atoms with E-state index in [1.807, 2.05) is 30.3 Å². The molecular weight excluding hydrogens is 303 g/mol. The van der Waals surface area contributed by atoms with Crippen LogP contribution in [0.5, 0.6) is 0 Å². The Bertz CT molecular complexity index is 518. The number of rotatable bonds is 8. The van der Waals surface area contributed by atoms with E-state index < -0.39 is 13.6 Å². The number of nitrogens with zero attached hydrogens (tertiary/aromatic N) is 1. The minimum absolute atomic E-state index is 0.154. The quantitative estimate of drug-likeness (QED) is 0.330. The molecule has 0 aliphatic carbocycles. The summed E-state index contributed by atoms with van der Waals surface area (Å²) < 4.78 is 23.8. The fourth-order valence-electron chi connectivity index (χ4n) is 1.98. The molecule has 0 radical (unpaired) electrons. The molecule has 1 aromatic rings. The molecule has 1 unspecified atom stereocenters. The van der Waals surface area contributed by atoms with Crippen molar-refractivity contribution in [2.45, 2.75) is 52.4 Å². The Morgan fingerprint density at radius 1 is 1.18 bits per heavy atom. The summed E-state index contributed by atoms with van der Waals surface area (Å²) in [7, 11) is -3.76. The molecule has 6 nitrogen and oxygen atoms in total. The SMILES string of the molecule is CC(C)OP(=O)(OC(C)C)/C(=N\O)C(N)Cc1ccccc1. The number of hydrogen-bond acceptors (Lipinski definition) is 6. The molecule has 124 valence electrons. The first-order valence-electron chi connectivity index (χ1n) is 7.27. The van der Waals surface area contributed by atoms with Crippen LogP contribution >= 0.6 is 7.60 Å². The maximum atomic E-state index is 13.0. The minimum atomic E-state index is -3.76. The highest BCUT2D eigenvalue weighted by molar-refractivity contribution is 7.72. The van der Waals surface area contributed by atoms with Gasteiger partial charge in [-0.2, -0.15) is 0 Å². The van der Waals surface area contributed by atoms with Crippen LogP contribution in [-0.2, 0) is 20.0 Å². The van der Waals surface area contributed by atoms with Crippen molar-refractivity contribution in [2.75, 3.05) is 0 Å². The minimum Gasteiger partial charge on any atom is -0.410 e. The van der Waals surface area contributed by atoms with Gasteiger partial charge in [0.25, 0.3) is 0 Å². The largest absolute Gasteiger partial charge is 0.410 e. The van der Waals surface area contributed by atoms with Crippen molar-refractivity contribution in [3.63, 3.8) is 0 Å². The van der Waals surface area contributed by atoms with Gasteiger partial charge >= 0.3 is 7.60 Å². The van der Waals surface area contributed by atoms with E-state index in [0.29, 0.717) is 6.42 Å². The molecule has 1 aromatic carbocycles. The number of hydrogen-bond donors (Lipinski definition) is 2. The van der Waals surface area contributed by atoms with E-state index >= 15 is 0 Å². The van der Waals surface area contributed by atoms with Gasteiger partial charge in [-0.05, 0) is 39.7 Å². The lowest BCUT2D eigenvalue weighted by molar-refractivity contribution is 0.150. The van der Waals surface area contributed by atoms with Gasteiger partial charge < -0.3 is 20.0 Å². The van der Waals surface area contributed by atoms with Crippen molar-refractivity contribution in [2.24, 2.45) is 10.9 Å². The van der Waals surface area contributed by atoms with Gasteiger partial charge in [0.05, 0.1) is 18.2 Å². The van der Waals surface area contributed by atoms with Gasteiger partial charge in [-0.1, -0.05) is 35.5 Å². The zero-order valence-electron chi connectivity index (χ0n) is 13.5. The molecule has 0 saturated carbocycles. The topological polar surface area (TPSA) is 94.1 Å². The lowest BCUT2D eigenvalue weighted by atomic mass is 10.1. The molecule has 0 saturated heterocycles. The van der Waals surface area contributed by atoms with Crippen molar-refractivity contribution in [1.29, 1.82) is 0 Å². The van der Waals surface area contributed by atoms with Crippen molar-refractivity contribution in [3.05, 3.63) is 35.9 Å². The second-order valence-corrected chi connectivity index (χ2v) is 7.43. The van der Waals surface area contributed by atoms with Gasteiger partial charge in [0, 0.05) is 0 Å². The highest BCUT2D eigenvalue weighted by atomic mass is 31.2. The molecule has 0 amide bonds. The molecular formula is C15H25N2O4P. The zero-order valence-corrected chi connectivity index (χ0v) is 14.4. The van der Waals surface area contributed by atoms with Crippen LogP contribution in [-0.4, -0.2) is 28.9 Å². The molecule has 1 atom stereocenters. The Balaban J connectivity index is 3.01. The van der Waals surface area contributed by atoms with Crippen molar-refractivity contribution in [1.82, 2.24) is 0 Å². The average molecular weight is 328 g/mol. The van der Waals surface area contributed by atoms with Crippen molar-refractivity contribution >= 4 is 13.0 Å². The monoisotopic (exact) mass is 328 g/mol. The molecule has 0 fully saturated rings. The van der Waals surface area contributed by atoms with Crippen LogP contribution in [0.1, 0.15) is 33.3 Å². The summed E-state index contributed by atoms with van der Waals surface area (Å²) in [6.07, 6.45) is -0.344. The van der Waals surface area contributed by atoms with Crippen LogP contribution in [0.15, 0.2) is 35.5 Å². The summed E-state index contributed by atoms with van der Waals surface area (Å²) >= 11 is 0. The summed E-state index contributed by atoms with van der Waals surface area (Å²) in [6, 6.07) is 8.68. The maximum absolute atomic E-state index is 13.0. The zero-order chi connectivity index (χ0) is 16.8. The third kappa shape index (κ3) is 5.54. The lowest BCUT2D eigenvalue weighted by Crippen LogP contribution is -2.34. The Morgan fingerprint density at radius 3 is 2.09 bits per heavy atom. The van der Waals surface area contributed by atoms with E-state index in [0.717, 1.165) is 5.56 Å². The van der Waals surface area contributed by atoms with Gasteiger partial charge in [0.1, 0.15) is 0 Å². The summed E-state index contributed by atoms with van der Waals surface area (Å²) in [6.45, 7) is 6.92. The Morgan fingerprint density at radius 2 is 1.68 bits per heavy atom. The Hall–Kier alpha value is -1.20. The van der Waals surface area contributed by atoms with Gasteiger partial charge in [-0.3, -0.25) is 4.57 Å². The first-order valence-corrected chi connectivity index (χ1v) is 8.81. The fraction of sp³-hybridized carbons (Fsp3) is 0.533. The summed E-state index contributed by atoms with van der Waals surface area (Å²) in [5, 5.41) is 12.5. The highest BCUT2D eigenvalue weighted by Crippen LogP contribution is 2.52. The number of oxime groups is 1. The normalized spacial score (nSPS) is 14.6. The average Bonchev–Trinajstić information content (AvgIpc) is 2.38. The number of nitrogens with two attached hydrogens (primary N) is 1. The van der Waals surface area contributed by atoms with Crippen LogP contribution in [0, 0.1) is 0 Å². The van der Waals surface area contributed by atoms with Crippen LogP contribution < -0.4 is 5.73 Å². The molecule has 0 bridgehead atoms. The van der Waals surface area contributed by atoms with E-state index in [-0.39, 0.29) is 17.7 Å². The predicted octanol–water partition coefficient (Wildman–Crippen LogP) is 3.39.